The van der Waals surface area contributed by atoms with Gasteiger partial charge in [0, 0.05) is 44.4 Å². The van der Waals surface area contributed by atoms with Crippen LogP contribution in [0.2, 0.25) is 0 Å². The van der Waals surface area contributed by atoms with Gasteiger partial charge in [0.25, 0.3) is 0 Å². The van der Waals surface area contributed by atoms with E-state index < -0.39 is 0 Å². The fourth-order valence-electron chi connectivity index (χ4n) is 9.72. The minimum atomic E-state index is 0.508. The number of rotatable bonds is 24. The maximum Gasteiger partial charge on any atom is 0.150 e. The van der Waals surface area contributed by atoms with Crippen LogP contribution in [0, 0.1) is 23.7 Å². The van der Waals surface area contributed by atoms with E-state index in [1.54, 1.807) is 0 Å². The molecule has 8 heteroatoms. The molecule has 0 aliphatic carbocycles. The van der Waals surface area contributed by atoms with Gasteiger partial charge in [0.05, 0.1) is 64.5 Å². The zero-order chi connectivity index (χ0) is 55.8. The number of aromatic amines is 1. The summed E-state index contributed by atoms with van der Waals surface area (Å²) in [6, 6.07) is 43.8. The van der Waals surface area contributed by atoms with Gasteiger partial charge in [-0.2, -0.15) is 0 Å². The Hall–Kier alpha value is -8.36. The zero-order valence-electron chi connectivity index (χ0n) is 48.0. The molecule has 2 aliphatic rings. The van der Waals surface area contributed by atoms with Crippen LogP contribution in [0.3, 0.4) is 0 Å². The third kappa shape index (κ3) is 13.7. The highest BCUT2D eigenvalue weighted by Gasteiger charge is 2.30. The van der Waals surface area contributed by atoms with Gasteiger partial charge in [-0.1, -0.05) is 148 Å². The summed E-state index contributed by atoms with van der Waals surface area (Å²) in [6.07, 6.45) is 32.1. The summed E-state index contributed by atoms with van der Waals surface area (Å²) in [5.74, 6) is 4.75. The van der Waals surface area contributed by atoms with E-state index in [4.69, 9.17) is 28.9 Å². The molecule has 1 N–H and O–H groups in total. The molecule has 0 saturated heterocycles. The van der Waals surface area contributed by atoms with Crippen LogP contribution in [0.5, 0.6) is 23.0 Å². The van der Waals surface area contributed by atoms with Crippen LogP contribution in [-0.4, -0.2) is 19.5 Å². The van der Waals surface area contributed by atoms with Crippen molar-refractivity contribution in [1.82, 2.24) is 19.5 Å². The van der Waals surface area contributed by atoms with E-state index in [2.05, 4.69) is 205 Å². The molecule has 4 aromatic carbocycles. The average Bonchev–Trinajstić information content (AvgIpc) is 4.48. The van der Waals surface area contributed by atoms with Gasteiger partial charge < -0.3 is 28.5 Å². The third-order valence-electron chi connectivity index (χ3n) is 15.3. The molecule has 410 valence electrons. The van der Waals surface area contributed by atoms with E-state index in [1.807, 2.05) is 61.4 Å². The Morgan fingerprint density at radius 3 is 1.30 bits per heavy atom. The SMILES string of the molecule is CCC(C)CC=COc1ccccc1-c1c(-c2ccccc2OC=CCC(C)CC)c2c(-c3ccccc3OC=CCC(C)CC)c3nc(cc4ccc(cc5nc(cc1n2-c1ccccc1OC=CCC(C)CC)C=C5)[nH]4)C=C3. The summed E-state index contributed by atoms with van der Waals surface area (Å²) in [4.78, 5) is 14.5. The Balaban J connectivity index is 1.53. The van der Waals surface area contributed by atoms with Gasteiger partial charge in [-0.25, -0.2) is 9.97 Å². The summed E-state index contributed by atoms with van der Waals surface area (Å²) in [5, 5.41) is 0. The highest BCUT2D eigenvalue weighted by molar-refractivity contribution is 6.13. The van der Waals surface area contributed by atoms with E-state index >= 15 is 0 Å². The van der Waals surface area contributed by atoms with E-state index in [-0.39, 0.29) is 0 Å². The van der Waals surface area contributed by atoms with Gasteiger partial charge in [0.1, 0.15) is 23.0 Å². The van der Waals surface area contributed by atoms with Crippen molar-refractivity contribution < 1.29 is 18.9 Å². The lowest BCUT2D eigenvalue weighted by Crippen LogP contribution is -2.01. The molecule has 9 rings (SSSR count). The van der Waals surface area contributed by atoms with Crippen LogP contribution in [0.15, 0.2) is 177 Å². The standard InChI is InChI=1S/C72H78N4O4/c1-9-50(5)25-21-43-77-65-33-17-13-29-59(65)69-62-42-41-57(75-62)48-56-38-37-54(73-56)47-55-39-40-58(74-55)49-64-70(60-30-14-18-34-66(60)78-44-22-26-51(6)10-2)71(61-31-15-19-35-67(61)79-45-23-27-52(7)11-3)72(69)76(64)63-32-16-20-36-68(63)80-46-24-28-53(8)12-4/h13-24,29-53,73H,9-12,25-28H2,1-8H3. The van der Waals surface area contributed by atoms with Crippen molar-refractivity contribution in [2.75, 3.05) is 0 Å². The number of aromatic nitrogens is 4. The van der Waals surface area contributed by atoms with E-state index in [1.165, 1.54) is 0 Å². The van der Waals surface area contributed by atoms with Crippen LogP contribution in [0.25, 0.3) is 85.4 Å². The molecule has 4 atom stereocenters. The predicted molar refractivity (Wildman–Crippen MR) is 336 cm³/mol. The average molecular weight is 1060 g/mol. The molecule has 8 nitrogen and oxygen atoms in total. The maximum absolute atomic E-state index is 6.89. The van der Waals surface area contributed by atoms with Crippen molar-refractivity contribution >= 4 is 46.4 Å². The Labute approximate surface area is 474 Å². The largest absolute Gasteiger partial charge is 0.465 e. The van der Waals surface area contributed by atoms with Gasteiger partial charge >= 0.3 is 0 Å². The first-order valence-electron chi connectivity index (χ1n) is 29.0. The van der Waals surface area contributed by atoms with Gasteiger partial charge in [-0.05, 0) is 159 Å². The molecular formula is C72H78N4O4. The molecule has 3 aromatic heterocycles. The van der Waals surface area contributed by atoms with E-state index in [0.29, 0.717) is 46.7 Å². The number of H-pyrrole nitrogens is 1. The third-order valence-corrected chi connectivity index (χ3v) is 15.3. The quantitative estimate of drug-likeness (QED) is 0.0607. The van der Waals surface area contributed by atoms with Crippen molar-refractivity contribution in [3.8, 4) is 62.1 Å². The lowest BCUT2D eigenvalue weighted by molar-refractivity contribution is 0.470. The summed E-state index contributed by atoms with van der Waals surface area (Å²) < 4.78 is 29.8. The fourth-order valence-corrected chi connectivity index (χ4v) is 9.72. The van der Waals surface area contributed by atoms with Crippen molar-refractivity contribution in [3.63, 3.8) is 0 Å². The van der Waals surface area contributed by atoms with E-state index in [9.17, 15) is 0 Å². The number of para-hydroxylation sites is 5. The van der Waals surface area contributed by atoms with Gasteiger partial charge in [-0.15, -0.1) is 0 Å². The van der Waals surface area contributed by atoms with Crippen LogP contribution in [0.4, 0.5) is 0 Å². The van der Waals surface area contributed by atoms with Crippen LogP contribution < -0.4 is 18.9 Å². The highest BCUT2D eigenvalue weighted by Crippen LogP contribution is 2.52. The maximum atomic E-state index is 6.89. The van der Waals surface area contributed by atoms with E-state index in [0.717, 1.165) is 135 Å². The number of hydrogen-bond acceptors (Lipinski definition) is 6. The highest BCUT2D eigenvalue weighted by atomic mass is 16.5. The topological polar surface area (TPSA) is 83.4 Å². The Kier molecular flexibility index (Phi) is 19.4. The first kappa shape index (κ1) is 56.4. The van der Waals surface area contributed by atoms with Crippen molar-refractivity contribution in [2.24, 2.45) is 23.7 Å². The molecule has 2 aliphatic heterocycles. The second-order valence-corrected chi connectivity index (χ2v) is 21.5. The fraction of sp³-hybridized carbons (Fsp3) is 0.278. The number of nitrogens with one attached hydrogen (secondary N) is 1. The smallest absolute Gasteiger partial charge is 0.150 e. The minimum absolute atomic E-state index is 0.508. The van der Waals surface area contributed by atoms with Gasteiger partial charge in [0.2, 0.25) is 0 Å². The van der Waals surface area contributed by atoms with Crippen LogP contribution in [-0.2, 0) is 0 Å². The number of benzene rings is 4. The Morgan fingerprint density at radius 2 is 0.812 bits per heavy atom. The molecule has 0 saturated carbocycles. The number of fused-ring (bicyclic) bond motifs is 8. The van der Waals surface area contributed by atoms with Crippen molar-refractivity contribution in [2.45, 2.75) is 107 Å². The molecule has 0 fully saturated rings. The molecular weight excluding hydrogens is 985 g/mol. The first-order valence-corrected chi connectivity index (χ1v) is 29.0. The number of ether oxygens (including phenoxy) is 4. The van der Waals surface area contributed by atoms with Crippen LogP contribution >= 0.6 is 0 Å². The lowest BCUT2D eigenvalue weighted by Gasteiger charge is -2.18. The molecule has 8 bridgehead atoms. The molecule has 5 heterocycles. The number of nitrogens with zero attached hydrogens (tertiary/aromatic N) is 3. The van der Waals surface area contributed by atoms with Crippen molar-refractivity contribution in [3.05, 3.63) is 200 Å². The van der Waals surface area contributed by atoms with Gasteiger partial charge in [-0.3, -0.25) is 0 Å². The summed E-state index contributed by atoms with van der Waals surface area (Å²) in [5.41, 5.74) is 12.6. The van der Waals surface area contributed by atoms with Crippen LogP contribution in [0.1, 0.15) is 130 Å². The summed E-state index contributed by atoms with van der Waals surface area (Å²) in [7, 11) is 0. The monoisotopic (exact) mass is 1060 g/mol. The lowest BCUT2D eigenvalue weighted by atomic mass is 9.92. The molecule has 0 amide bonds. The predicted octanol–water partition coefficient (Wildman–Crippen LogP) is 20.4. The summed E-state index contributed by atoms with van der Waals surface area (Å²) in [6.45, 7) is 18.0. The second-order valence-electron chi connectivity index (χ2n) is 21.5. The number of allylic oxidation sites excluding steroid dienone is 4. The Bertz CT molecular complexity index is 3610. The molecule has 0 radical (unpaired) electrons. The first-order chi connectivity index (χ1) is 39.2. The van der Waals surface area contributed by atoms with Gasteiger partial charge in [0.15, 0.2) is 0 Å². The van der Waals surface area contributed by atoms with Crippen molar-refractivity contribution in [1.29, 1.82) is 0 Å². The number of hydrogen-bond donors (Lipinski definition) is 1. The summed E-state index contributed by atoms with van der Waals surface area (Å²) >= 11 is 0. The minimum Gasteiger partial charge on any atom is -0.465 e. The Morgan fingerprint density at radius 1 is 0.425 bits per heavy atom. The normalized spacial score (nSPS) is 13.9. The zero-order valence-corrected chi connectivity index (χ0v) is 48.0. The molecule has 0 spiro atoms. The molecule has 80 heavy (non-hydrogen) atoms. The molecule has 7 aromatic rings. The second kappa shape index (κ2) is 27.5. The molecule has 4 unspecified atom stereocenters.